The molecule has 0 atom stereocenters. The highest BCUT2D eigenvalue weighted by atomic mass is 79.9. The lowest BCUT2D eigenvalue weighted by Gasteiger charge is -2.18. The van der Waals surface area contributed by atoms with Gasteiger partial charge in [-0.3, -0.25) is 9.59 Å². The van der Waals surface area contributed by atoms with E-state index >= 15 is 0 Å². The Morgan fingerprint density at radius 2 is 1.74 bits per heavy atom. The standard InChI is InChI=1S/C18H19BrN2O2/c1-13(22)20-11-14-7-9-15(10-8-14)18(23)21(2)12-16-5-3-4-6-17(16)19/h3-10H,11-12H2,1-2H3,(H,20,22). The molecule has 0 fully saturated rings. The summed E-state index contributed by atoms with van der Waals surface area (Å²) in [5.41, 5.74) is 2.65. The van der Waals surface area contributed by atoms with Crippen LogP contribution < -0.4 is 5.32 Å². The Labute approximate surface area is 144 Å². The van der Waals surface area contributed by atoms with Crippen LogP contribution in [0.5, 0.6) is 0 Å². The van der Waals surface area contributed by atoms with Crippen LogP contribution >= 0.6 is 15.9 Å². The van der Waals surface area contributed by atoms with Crippen molar-refractivity contribution in [3.63, 3.8) is 0 Å². The summed E-state index contributed by atoms with van der Waals surface area (Å²) in [6.45, 7) is 2.49. The van der Waals surface area contributed by atoms with Crippen molar-refractivity contribution in [3.8, 4) is 0 Å². The zero-order valence-electron chi connectivity index (χ0n) is 13.2. The van der Waals surface area contributed by atoms with Gasteiger partial charge in [-0.25, -0.2) is 0 Å². The quantitative estimate of drug-likeness (QED) is 0.871. The lowest BCUT2D eigenvalue weighted by atomic mass is 10.1. The molecule has 0 aromatic heterocycles. The highest BCUT2D eigenvalue weighted by Crippen LogP contribution is 2.18. The van der Waals surface area contributed by atoms with Crippen LogP contribution in [0.3, 0.4) is 0 Å². The largest absolute Gasteiger partial charge is 0.352 e. The van der Waals surface area contributed by atoms with Crippen molar-refractivity contribution in [3.05, 3.63) is 69.7 Å². The molecule has 120 valence electrons. The molecular formula is C18H19BrN2O2. The van der Waals surface area contributed by atoms with Gasteiger partial charge in [0.2, 0.25) is 5.91 Å². The van der Waals surface area contributed by atoms with E-state index < -0.39 is 0 Å². The first kappa shape index (κ1) is 17.2. The molecule has 0 heterocycles. The predicted molar refractivity (Wildman–Crippen MR) is 93.9 cm³/mol. The van der Waals surface area contributed by atoms with Crippen LogP contribution in [-0.4, -0.2) is 23.8 Å². The fourth-order valence-electron chi connectivity index (χ4n) is 2.17. The number of amides is 2. The molecule has 0 aliphatic heterocycles. The normalized spacial score (nSPS) is 10.2. The number of carbonyl (C=O) groups excluding carboxylic acids is 2. The van der Waals surface area contributed by atoms with E-state index in [4.69, 9.17) is 0 Å². The van der Waals surface area contributed by atoms with Crippen LogP contribution in [0, 0.1) is 0 Å². The molecule has 0 saturated carbocycles. The fraction of sp³-hybridized carbons (Fsp3) is 0.222. The molecule has 0 bridgehead atoms. The van der Waals surface area contributed by atoms with Gasteiger partial charge in [0.05, 0.1) is 0 Å². The number of nitrogens with zero attached hydrogens (tertiary/aromatic N) is 1. The minimum absolute atomic E-state index is 0.0353. The van der Waals surface area contributed by atoms with Gasteiger partial charge in [-0.15, -0.1) is 0 Å². The van der Waals surface area contributed by atoms with Gasteiger partial charge in [0, 0.05) is 37.1 Å². The maximum absolute atomic E-state index is 12.5. The highest BCUT2D eigenvalue weighted by molar-refractivity contribution is 9.10. The zero-order chi connectivity index (χ0) is 16.8. The van der Waals surface area contributed by atoms with E-state index in [9.17, 15) is 9.59 Å². The first-order chi connectivity index (χ1) is 11.0. The van der Waals surface area contributed by atoms with Crippen molar-refractivity contribution in [2.24, 2.45) is 0 Å². The maximum Gasteiger partial charge on any atom is 0.253 e. The second-order valence-electron chi connectivity index (χ2n) is 5.36. The Kier molecular flexibility index (Phi) is 5.93. The summed E-state index contributed by atoms with van der Waals surface area (Å²) >= 11 is 3.50. The van der Waals surface area contributed by atoms with Gasteiger partial charge in [-0.2, -0.15) is 0 Å². The first-order valence-corrected chi connectivity index (χ1v) is 8.09. The molecule has 5 heteroatoms. The molecule has 2 aromatic carbocycles. The topological polar surface area (TPSA) is 49.4 Å². The number of nitrogens with one attached hydrogen (secondary N) is 1. The van der Waals surface area contributed by atoms with E-state index in [0.717, 1.165) is 15.6 Å². The summed E-state index contributed by atoms with van der Waals surface area (Å²) in [6.07, 6.45) is 0. The molecule has 0 spiro atoms. The lowest BCUT2D eigenvalue weighted by molar-refractivity contribution is -0.119. The molecule has 0 unspecified atom stereocenters. The Morgan fingerprint density at radius 1 is 1.09 bits per heavy atom. The van der Waals surface area contributed by atoms with Gasteiger partial charge >= 0.3 is 0 Å². The molecule has 1 N–H and O–H groups in total. The van der Waals surface area contributed by atoms with Gasteiger partial charge in [0.25, 0.3) is 5.91 Å². The first-order valence-electron chi connectivity index (χ1n) is 7.29. The number of hydrogen-bond acceptors (Lipinski definition) is 2. The Hall–Kier alpha value is -2.14. The summed E-state index contributed by atoms with van der Waals surface area (Å²) in [6, 6.07) is 15.1. The van der Waals surface area contributed by atoms with Crippen LogP contribution in [0.2, 0.25) is 0 Å². The molecule has 2 amide bonds. The number of benzene rings is 2. The molecule has 23 heavy (non-hydrogen) atoms. The average molecular weight is 375 g/mol. The minimum atomic E-state index is -0.0710. The SMILES string of the molecule is CC(=O)NCc1ccc(C(=O)N(C)Cc2ccccc2Br)cc1. The van der Waals surface area contributed by atoms with Crippen LogP contribution in [0.15, 0.2) is 53.0 Å². The fourth-order valence-corrected chi connectivity index (χ4v) is 2.58. The number of rotatable bonds is 5. The van der Waals surface area contributed by atoms with Crippen LogP contribution in [0.1, 0.15) is 28.4 Å². The smallest absolute Gasteiger partial charge is 0.253 e. The van der Waals surface area contributed by atoms with E-state index in [0.29, 0.717) is 18.7 Å². The van der Waals surface area contributed by atoms with Gasteiger partial charge in [0.15, 0.2) is 0 Å². The van der Waals surface area contributed by atoms with Gasteiger partial charge < -0.3 is 10.2 Å². The van der Waals surface area contributed by atoms with Crippen molar-refractivity contribution < 1.29 is 9.59 Å². The Balaban J connectivity index is 2.02. The molecule has 0 saturated heterocycles. The van der Waals surface area contributed by atoms with Crippen molar-refractivity contribution in [1.82, 2.24) is 10.2 Å². The minimum Gasteiger partial charge on any atom is -0.352 e. The molecule has 0 aliphatic rings. The Morgan fingerprint density at radius 3 is 2.35 bits per heavy atom. The third-order valence-electron chi connectivity index (χ3n) is 3.45. The molecular weight excluding hydrogens is 356 g/mol. The van der Waals surface area contributed by atoms with Gasteiger partial charge in [-0.05, 0) is 29.3 Å². The average Bonchev–Trinajstić information content (AvgIpc) is 2.54. The van der Waals surface area contributed by atoms with Crippen molar-refractivity contribution in [2.45, 2.75) is 20.0 Å². The zero-order valence-corrected chi connectivity index (χ0v) is 14.8. The third-order valence-corrected chi connectivity index (χ3v) is 4.23. The number of carbonyl (C=O) groups is 2. The number of hydrogen-bond donors (Lipinski definition) is 1. The summed E-state index contributed by atoms with van der Waals surface area (Å²) in [4.78, 5) is 25.1. The van der Waals surface area contributed by atoms with Gasteiger partial charge in [0.1, 0.15) is 0 Å². The van der Waals surface area contributed by atoms with Crippen molar-refractivity contribution in [2.75, 3.05) is 7.05 Å². The predicted octanol–water partition coefficient (Wildman–Crippen LogP) is 3.36. The third kappa shape index (κ3) is 4.93. The molecule has 0 aliphatic carbocycles. The van der Waals surface area contributed by atoms with E-state index in [-0.39, 0.29) is 11.8 Å². The molecule has 2 aromatic rings. The Bertz CT molecular complexity index is 698. The van der Waals surface area contributed by atoms with E-state index in [2.05, 4.69) is 21.2 Å². The molecule has 0 radical (unpaired) electrons. The second kappa shape index (κ2) is 7.92. The van der Waals surface area contributed by atoms with E-state index in [1.54, 1.807) is 24.1 Å². The second-order valence-corrected chi connectivity index (χ2v) is 6.21. The summed E-state index contributed by atoms with van der Waals surface area (Å²) in [7, 11) is 1.78. The van der Waals surface area contributed by atoms with Crippen LogP contribution in [0.25, 0.3) is 0 Å². The van der Waals surface area contributed by atoms with E-state index in [1.807, 2.05) is 36.4 Å². The lowest BCUT2D eigenvalue weighted by Crippen LogP contribution is -2.26. The summed E-state index contributed by atoms with van der Waals surface area (Å²) in [5.74, 6) is -0.106. The van der Waals surface area contributed by atoms with Crippen LogP contribution in [0.4, 0.5) is 0 Å². The highest BCUT2D eigenvalue weighted by Gasteiger charge is 2.13. The van der Waals surface area contributed by atoms with Crippen molar-refractivity contribution in [1.29, 1.82) is 0 Å². The number of halogens is 1. The van der Waals surface area contributed by atoms with E-state index in [1.165, 1.54) is 6.92 Å². The van der Waals surface area contributed by atoms with Gasteiger partial charge in [-0.1, -0.05) is 46.3 Å². The monoisotopic (exact) mass is 374 g/mol. The summed E-state index contributed by atoms with van der Waals surface area (Å²) in [5, 5.41) is 2.73. The van der Waals surface area contributed by atoms with Crippen molar-refractivity contribution >= 4 is 27.7 Å². The molecule has 4 nitrogen and oxygen atoms in total. The summed E-state index contributed by atoms with van der Waals surface area (Å²) < 4.78 is 0.991. The molecule has 2 rings (SSSR count). The van der Waals surface area contributed by atoms with Crippen LogP contribution in [-0.2, 0) is 17.9 Å². The maximum atomic E-state index is 12.5.